The van der Waals surface area contributed by atoms with Gasteiger partial charge in [-0.1, -0.05) is 42.1 Å². The van der Waals surface area contributed by atoms with Crippen LogP contribution in [0.2, 0.25) is 0 Å². The van der Waals surface area contributed by atoms with E-state index in [1.165, 1.54) is 9.79 Å². The summed E-state index contributed by atoms with van der Waals surface area (Å²) in [7, 11) is 0. The fourth-order valence-corrected chi connectivity index (χ4v) is 4.12. The molecular formula is C21H19N3OS. The monoisotopic (exact) mass is 361 g/mol. The van der Waals surface area contributed by atoms with Crippen LogP contribution in [0.5, 0.6) is 0 Å². The van der Waals surface area contributed by atoms with E-state index < -0.39 is 0 Å². The van der Waals surface area contributed by atoms with E-state index in [0.29, 0.717) is 19.5 Å². The van der Waals surface area contributed by atoms with E-state index in [0.717, 1.165) is 16.9 Å². The number of amides is 1. The average Bonchev–Trinajstić information content (AvgIpc) is 2.70. The third kappa shape index (κ3) is 3.58. The Morgan fingerprint density at radius 1 is 0.962 bits per heavy atom. The zero-order valence-corrected chi connectivity index (χ0v) is 15.1. The summed E-state index contributed by atoms with van der Waals surface area (Å²) in [5, 5.41) is 2.98. The summed E-state index contributed by atoms with van der Waals surface area (Å²) >= 11 is 1.78. The smallest absolute Gasteiger partial charge is 0.222 e. The molecule has 1 aromatic heterocycles. The van der Waals surface area contributed by atoms with Gasteiger partial charge in [0.2, 0.25) is 5.91 Å². The molecule has 5 heteroatoms. The molecule has 0 fully saturated rings. The van der Waals surface area contributed by atoms with Crippen LogP contribution in [0.15, 0.2) is 82.8 Å². The van der Waals surface area contributed by atoms with Crippen LogP contribution in [0.4, 0.5) is 11.4 Å². The summed E-state index contributed by atoms with van der Waals surface area (Å²) in [6.45, 7) is 1.16. The maximum atomic E-state index is 12.3. The van der Waals surface area contributed by atoms with Crippen LogP contribution in [0.25, 0.3) is 0 Å². The Morgan fingerprint density at radius 3 is 2.31 bits per heavy atom. The van der Waals surface area contributed by atoms with Gasteiger partial charge in [0.15, 0.2) is 0 Å². The van der Waals surface area contributed by atoms with Crippen molar-refractivity contribution >= 4 is 29.0 Å². The number of benzene rings is 2. The van der Waals surface area contributed by atoms with Crippen molar-refractivity contribution in [2.24, 2.45) is 0 Å². The third-order valence-electron chi connectivity index (χ3n) is 4.31. The first-order valence-electron chi connectivity index (χ1n) is 8.60. The molecule has 4 nitrogen and oxygen atoms in total. The molecule has 0 saturated carbocycles. The minimum absolute atomic E-state index is 0.0436. The van der Waals surface area contributed by atoms with Crippen LogP contribution in [-0.2, 0) is 11.3 Å². The molecule has 2 heterocycles. The molecular weight excluding hydrogens is 342 g/mol. The van der Waals surface area contributed by atoms with Gasteiger partial charge < -0.3 is 10.2 Å². The predicted octanol–water partition coefficient (Wildman–Crippen LogP) is 4.39. The normalized spacial score (nSPS) is 12.2. The van der Waals surface area contributed by atoms with E-state index in [1.807, 2.05) is 24.3 Å². The summed E-state index contributed by atoms with van der Waals surface area (Å²) in [6, 6.07) is 20.5. The third-order valence-corrected chi connectivity index (χ3v) is 5.44. The molecule has 2 aromatic carbocycles. The van der Waals surface area contributed by atoms with E-state index in [-0.39, 0.29) is 5.91 Å². The molecule has 130 valence electrons. The van der Waals surface area contributed by atoms with Crippen LogP contribution in [0.3, 0.4) is 0 Å². The highest BCUT2D eigenvalue weighted by atomic mass is 32.2. The van der Waals surface area contributed by atoms with Crippen molar-refractivity contribution in [1.29, 1.82) is 0 Å². The van der Waals surface area contributed by atoms with Crippen molar-refractivity contribution in [3.63, 3.8) is 0 Å². The van der Waals surface area contributed by atoms with E-state index in [2.05, 4.69) is 51.6 Å². The molecule has 1 N–H and O–H groups in total. The lowest BCUT2D eigenvalue weighted by Crippen LogP contribution is -2.29. The highest BCUT2D eigenvalue weighted by Gasteiger charge is 2.22. The molecule has 4 rings (SSSR count). The summed E-state index contributed by atoms with van der Waals surface area (Å²) in [6.07, 6.45) is 3.94. The maximum absolute atomic E-state index is 12.3. The Balaban J connectivity index is 1.45. The summed E-state index contributed by atoms with van der Waals surface area (Å²) < 4.78 is 0. The second kappa shape index (κ2) is 7.62. The number of rotatable bonds is 5. The molecule has 1 amide bonds. The van der Waals surface area contributed by atoms with E-state index >= 15 is 0 Å². The Bertz CT molecular complexity index is 868. The minimum atomic E-state index is 0.0436. The number of anilines is 2. The summed E-state index contributed by atoms with van der Waals surface area (Å²) in [5.41, 5.74) is 3.33. The van der Waals surface area contributed by atoms with Crippen molar-refractivity contribution in [3.8, 4) is 0 Å². The number of carbonyl (C=O) groups is 1. The van der Waals surface area contributed by atoms with Crippen LogP contribution < -0.4 is 10.2 Å². The Hall–Kier alpha value is -2.79. The lowest BCUT2D eigenvalue weighted by Gasteiger charge is -2.32. The molecule has 1 aliphatic heterocycles. The summed E-state index contributed by atoms with van der Waals surface area (Å²) in [4.78, 5) is 21.1. The van der Waals surface area contributed by atoms with Crippen molar-refractivity contribution in [2.45, 2.75) is 22.8 Å². The Kier molecular flexibility index (Phi) is 4.88. The molecule has 0 radical (unpaired) electrons. The zero-order valence-electron chi connectivity index (χ0n) is 14.3. The number of nitrogens with zero attached hydrogens (tertiary/aromatic N) is 2. The van der Waals surface area contributed by atoms with E-state index in [4.69, 9.17) is 0 Å². The molecule has 0 unspecified atom stereocenters. The molecule has 0 aliphatic carbocycles. The number of nitrogens with one attached hydrogen (secondary N) is 1. The van der Waals surface area contributed by atoms with Gasteiger partial charge in [-0.3, -0.25) is 9.78 Å². The standard InChI is InChI=1S/C21H19N3OS/c25-21(23-15-16-6-5-12-22-14-16)11-13-24-17-7-1-3-9-19(17)26-20-10-4-2-8-18(20)24/h1-10,12,14H,11,13,15H2,(H,23,25). The average molecular weight is 361 g/mol. The number of hydrogen-bond donors (Lipinski definition) is 1. The van der Waals surface area contributed by atoms with Gasteiger partial charge in [0.05, 0.1) is 11.4 Å². The predicted molar refractivity (Wildman–Crippen MR) is 105 cm³/mol. The highest BCUT2D eigenvalue weighted by molar-refractivity contribution is 7.99. The molecule has 0 atom stereocenters. The lowest BCUT2D eigenvalue weighted by molar-refractivity contribution is -0.121. The van der Waals surface area contributed by atoms with Crippen LogP contribution in [-0.4, -0.2) is 17.4 Å². The Morgan fingerprint density at radius 2 is 1.65 bits per heavy atom. The second-order valence-electron chi connectivity index (χ2n) is 6.08. The van der Waals surface area contributed by atoms with Crippen molar-refractivity contribution in [3.05, 3.63) is 78.6 Å². The molecule has 0 saturated heterocycles. The maximum Gasteiger partial charge on any atom is 0.222 e. The highest BCUT2D eigenvalue weighted by Crippen LogP contribution is 2.47. The van der Waals surface area contributed by atoms with Gasteiger partial charge in [-0.2, -0.15) is 0 Å². The molecule has 3 aromatic rings. The first-order valence-corrected chi connectivity index (χ1v) is 9.42. The fraction of sp³-hybridized carbons (Fsp3) is 0.143. The number of hydrogen-bond acceptors (Lipinski definition) is 4. The second-order valence-corrected chi connectivity index (χ2v) is 7.16. The molecule has 26 heavy (non-hydrogen) atoms. The lowest BCUT2D eigenvalue weighted by atomic mass is 10.2. The zero-order chi connectivity index (χ0) is 17.8. The number of pyridine rings is 1. The van der Waals surface area contributed by atoms with Gasteiger partial charge >= 0.3 is 0 Å². The first-order chi connectivity index (χ1) is 12.8. The molecule has 1 aliphatic rings. The van der Waals surface area contributed by atoms with Crippen molar-refractivity contribution in [1.82, 2.24) is 10.3 Å². The number of para-hydroxylation sites is 2. The fourth-order valence-electron chi connectivity index (χ4n) is 3.03. The van der Waals surface area contributed by atoms with Crippen molar-refractivity contribution in [2.75, 3.05) is 11.4 Å². The largest absolute Gasteiger partial charge is 0.352 e. The quantitative estimate of drug-likeness (QED) is 0.732. The molecule has 0 spiro atoms. The van der Waals surface area contributed by atoms with Crippen LogP contribution in [0, 0.1) is 0 Å². The van der Waals surface area contributed by atoms with Gasteiger partial charge in [-0.25, -0.2) is 0 Å². The van der Waals surface area contributed by atoms with Gasteiger partial charge in [0.1, 0.15) is 0 Å². The number of carbonyl (C=O) groups excluding carboxylic acids is 1. The van der Waals surface area contributed by atoms with Gasteiger partial charge in [-0.15, -0.1) is 0 Å². The first kappa shape index (κ1) is 16.7. The SMILES string of the molecule is O=C(CCN1c2ccccc2Sc2ccccc21)NCc1cccnc1. The van der Waals surface area contributed by atoms with Crippen molar-refractivity contribution < 1.29 is 4.79 Å². The molecule has 0 bridgehead atoms. The topological polar surface area (TPSA) is 45.2 Å². The Labute approximate surface area is 157 Å². The minimum Gasteiger partial charge on any atom is -0.352 e. The van der Waals surface area contributed by atoms with E-state index in [9.17, 15) is 4.79 Å². The van der Waals surface area contributed by atoms with Gasteiger partial charge in [0.25, 0.3) is 0 Å². The van der Waals surface area contributed by atoms with Crippen LogP contribution >= 0.6 is 11.8 Å². The van der Waals surface area contributed by atoms with Gasteiger partial charge in [-0.05, 0) is 35.9 Å². The summed E-state index contributed by atoms with van der Waals surface area (Å²) in [5.74, 6) is 0.0436. The van der Waals surface area contributed by atoms with Crippen LogP contribution in [0.1, 0.15) is 12.0 Å². The number of aromatic nitrogens is 1. The van der Waals surface area contributed by atoms with Gasteiger partial charge in [0, 0.05) is 41.7 Å². The van der Waals surface area contributed by atoms with E-state index in [1.54, 1.807) is 24.2 Å². The number of fused-ring (bicyclic) bond motifs is 2.